The predicted octanol–water partition coefficient (Wildman–Crippen LogP) is 5.17. The summed E-state index contributed by atoms with van der Waals surface area (Å²) in [6.45, 7) is -0.533. The molecule has 0 aliphatic rings. The molecule has 7 nitrogen and oxygen atoms in total. The van der Waals surface area contributed by atoms with E-state index in [2.05, 4.69) is 26.5 Å². The van der Waals surface area contributed by atoms with Gasteiger partial charge in [0.1, 0.15) is 6.54 Å². The Labute approximate surface area is 217 Å². The number of nitrogens with one attached hydrogen (secondary N) is 1. The normalized spacial score (nSPS) is 11.4. The van der Waals surface area contributed by atoms with Gasteiger partial charge in [-0.1, -0.05) is 47.5 Å². The molecule has 0 fully saturated rings. The van der Waals surface area contributed by atoms with Crippen molar-refractivity contribution in [3.05, 3.63) is 86.8 Å². The van der Waals surface area contributed by atoms with Crippen LogP contribution in [-0.4, -0.2) is 41.2 Å². The average Bonchev–Trinajstić information content (AvgIpc) is 2.77. The van der Waals surface area contributed by atoms with E-state index in [1.807, 2.05) is 37.2 Å². The van der Waals surface area contributed by atoms with Crippen LogP contribution in [0.3, 0.4) is 0 Å². The summed E-state index contributed by atoms with van der Waals surface area (Å²) in [5.41, 5.74) is 4.26. The lowest BCUT2D eigenvalue weighted by Crippen LogP contribution is -2.39. The van der Waals surface area contributed by atoms with Gasteiger partial charge in [0.05, 0.1) is 22.5 Å². The number of carbonyl (C=O) groups excluding carboxylic acids is 1. The van der Waals surface area contributed by atoms with Crippen molar-refractivity contribution in [1.82, 2.24) is 5.43 Å². The first-order valence-corrected chi connectivity index (χ1v) is 12.9. The third kappa shape index (κ3) is 6.50. The zero-order valence-electron chi connectivity index (χ0n) is 18.2. The van der Waals surface area contributed by atoms with E-state index in [-0.39, 0.29) is 20.6 Å². The van der Waals surface area contributed by atoms with E-state index in [1.54, 1.807) is 18.2 Å². The minimum absolute atomic E-state index is 0.0215. The molecule has 3 aromatic rings. The van der Waals surface area contributed by atoms with Crippen molar-refractivity contribution >= 4 is 72.7 Å². The number of hydrogen-bond donors (Lipinski definition) is 1. The highest BCUT2D eigenvalue weighted by Crippen LogP contribution is 2.29. The Morgan fingerprint density at radius 3 is 2.26 bits per heavy atom. The van der Waals surface area contributed by atoms with Gasteiger partial charge in [-0.25, -0.2) is 13.8 Å². The van der Waals surface area contributed by atoms with Gasteiger partial charge in [-0.3, -0.25) is 9.10 Å². The summed E-state index contributed by atoms with van der Waals surface area (Å²) in [5.74, 6) is -0.643. The number of hydrazone groups is 1. The molecule has 0 unspecified atom stereocenters. The number of benzene rings is 3. The second-order valence-corrected chi connectivity index (χ2v) is 10.9. The van der Waals surface area contributed by atoms with Crippen molar-refractivity contribution in [2.45, 2.75) is 4.90 Å². The molecule has 0 aliphatic carbocycles. The maximum atomic E-state index is 13.3. The SMILES string of the molecule is CN(C)c1ccc(/C=N\NC(=O)CN(c2cc(Cl)cc(Cl)c2)S(=O)(=O)c2ccccc2)cc1Br. The molecule has 1 N–H and O–H groups in total. The number of rotatable bonds is 8. The van der Waals surface area contributed by atoms with Crippen LogP contribution in [-0.2, 0) is 14.8 Å². The van der Waals surface area contributed by atoms with Gasteiger partial charge in [0.2, 0.25) is 0 Å². The molecule has 34 heavy (non-hydrogen) atoms. The van der Waals surface area contributed by atoms with Gasteiger partial charge in [-0.05, 0) is 64.0 Å². The maximum absolute atomic E-state index is 13.3. The van der Waals surface area contributed by atoms with Crippen LogP contribution in [0.1, 0.15) is 5.56 Å². The Morgan fingerprint density at radius 1 is 1.03 bits per heavy atom. The number of amides is 1. The largest absolute Gasteiger partial charge is 0.377 e. The van der Waals surface area contributed by atoms with Crippen LogP contribution in [0.2, 0.25) is 10.0 Å². The van der Waals surface area contributed by atoms with Crippen molar-refractivity contribution in [3.63, 3.8) is 0 Å². The number of anilines is 2. The fourth-order valence-corrected chi connectivity index (χ4v) is 5.72. The maximum Gasteiger partial charge on any atom is 0.264 e. The first-order chi connectivity index (χ1) is 16.1. The summed E-state index contributed by atoms with van der Waals surface area (Å²) in [4.78, 5) is 14.6. The molecular formula is C23H21BrCl2N4O3S. The topological polar surface area (TPSA) is 82.1 Å². The average molecular weight is 584 g/mol. The molecule has 0 spiro atoms. The molecule has 178 valence electrons. The quantitative estimate of drug-likeness (QED) is 0.293. The smallest absolute Gasteiger partial charge is 0.264 e. The van der Waals surface area contributed by atoms with Gasteiger partial charge in [0.15, 0.2) is 0 Å². The minimum atomic E-state index is -4.09. The molecule has 0 radical (unpaired) electrons. The molecule has 0 saturated heterocycles. The minimum Gasteiger partial charge on any atom is -0.377 e. The zero-order chi connectivity index (χ0) is 24.9. The van der Waals surface area contributed by atoms with Gasteiger partial charge >= 0.3 is 0 Å². The van der Waals surface area contributed by atoms with Crippen LogP contribution >= 0.6 is 39.1 Å². The lowest BCUT2D eigenvalue weighted by molar-refractivity contribution is -0.119. The van der Waals surface area contributed by atoms with E-state index >= 15 is 0 Å². The summed E-state index contributed by atoms with van der Waals surface area (Å²) in [5, 5.41) is 4.44. The van der Waals surface area contributed by atoms with Gasteiger partial charge in [0, 0.05) is 28.6 Å². The van der Waals surface area contributed by atoms with Gasteiger partial charge in [0.25, 0.3) is 15.9 Å². The molecule has 0 bridgehead atoms. The molecule has 0 atom stereocenters. The van der Waals surface area contributed by atoms with E-state index in [4.69, 9.17) is 23.2 Å². The second-order valence-electron chi connectivity index (χ2n) is 7.35. The summed E-state index contributed by atoms with van der Waals surface area (Å²) < 4.78 is 28.4. The molecule has 1 amide bonds. The highest BCUT2D eigenvalue weighted by atomic mass is 79.9. The first kappa shape index (κ1) is 26.0. The Hall–Kier alpha value is -2.59. The van der Waals surface area contributed by atoms with E-state index in [0.29, 0.717) is 0 Å². The predicted molar refractivity (Wildman–Crippen MR) is 142 cm³/mol. The van der Waals surface area contributed by atoms with Crippen LogP contribution in [0.15, 0.2) is 81.2 Å². The Balaban J connectivity index is 1.83. The number of hydrogen-bond acceptors (Lipinski definition) is 5. The lowest BCUT2D eigenvalue weighted by atomic mass is 10.2. The summed E-state index contributed by atoms with van der Waals surface area (Å²) in [6, 6.07) is 17.7. The standard InChI is InChI=1S/C23H21BrCl2N4O3S/c1-29(2)22-9-8-16(10-21(22)24)14-27-28-23(31)15-30(19-12-17(25)11-18(26)13-19)34(32,33)20-6-4-3-5-7-20/h3-14H,15H2,1-2H3,(H,28,31)/b27-14-. The number of halogens is 3. The van der Waals surface area contributed by atoms with Gasteiger partial charge in [-0.15, -0.1) is 0 Å². The van der Waals surface area contributed by atoms with E-state index < -0.39 is 22.5 Å². The summed E-state index contributed by atoms with van der Waals surface area (Å²) in [7, 11) is -0.232. The van der Waals surface area contributed by atoms with Crippen molar-refractivity contribution in [3.8, 4) is 0 Å². The van der Waals surface area contributed by atoms with Crippen LogP contribution in [0.5, 0.6) is 0 Å². The summed E-state index contributed by atoms with van der Waals surface area (Å²) >= 11 is 15.7. The van der Waals surface area contributed by atoms with Crippen molar-refractivity contribution in [1.29, 1.82) is 0 Å². The van der Waals surface area contributed by atoms with Crippen LogP contribution < -0.4 is 14.6 Å². The molecule has 0 aliphatic heterocycles. The molecule has 0 saturated carbocycles. The van der Waals surface area contributed by atoms with E-state index in [9.17, 15) is 13.2 Å². The van der Waals surface area contributed by atoms with E-state index in [1.165, 1.54) is 36.5 Å². The van der Waals surface area contributed by atoms with E-state index in [0.717, 1.165) is 20.0 Å². The second kappa shape index (κ2) is 11.2. The highest BCUT2D eigenvalue weighted by Gasteiger charge is 2.27. The molecule has 0 heterocycles. The third-order valence-electron chi connectivity index (χ3n) is 4.61. The number of carbonyl (C=O) groups is 1. The molecule has 11 heteroatoms. The van der Waals surface area contributed by atoms with Gasteiger partial charge in [-0.2, -0.15) is 5.10 Å². The van der Waals surface area contributed by atoms with Crippen molar-refractivity contribution in [2.75, 3.05) is 29.8 Å². The lowest BCUT2D eigenvalue weighted by Gasteiger charge is -2.24. The first-order valence-electron chi connectivity index (χ1n) is 9.90. The van der Waals surface area contributed by atoms with Crippen LogP contribution in [0.4, 0.5) is 11.4 Å². The molecule has 3 aromatic carbocycles. The fraction of sp³-hybridized carbons (Fsp3) is 0.130. The summed E-state index contributed by atoms with van der Waals surface area (Å²) in [6.07, 6.45) is 1.47. The Kier molecular flexibility index (Phi) is 8.59. The Morgan fingerprint density at radius 2 is 1.68 bits per heavy atom. The van der Waals surface area contributed by atoms with Gasteiger partial charge < -0.3 is 4.90 Å². The zero-order valence-corrected chi connectivity index (χ0v) is 22.2. The Bertz CT molecular complexity index is 1300. The highest BCUT2D eigenvalue weighted by molar-refractivity contribution is 9.10. The monoisotopic (exact) mass is 582 g/mol. The molecule has 3 rings (SSSR count). The fourth-order valence-electron chi connectivity index (χ4n) is 3.03. The third-order valence-corrected chi connectivity index (χ3v) is 7.47. The number of nitrogens with zero attached hydrogens (tertiary/aromatic N) is 3. The molecule has 0 aromatic heterocycles. The van der Waals surface area contributed by atoms with Crippen LogP contribution in [0, 0.1) is 0 Å². The van der Waals surface area contributed by atoms with Crippen molar-refractivity contribution < 1.29 is 13.2 Å². The molecular weight excluding hydrogens is 563 g/mol. The number of sulfonamides is 1. The van der Waals surface area contributed by atoms with Crippen molar-refractivity contribution in [2.24, 2.45) is 5.10 Å². The van der Waals surface area contributed by atoms with Crippen LogP contribution in [0.25, 0.3) is 0 Å².